The van der Waals surface area contributed by atoms with E-state index < -0.39 is 0 Å². The molecule has 0 spiro atoms. The van der Waals surface area contributed by atoms with E-state index in [1.807, 2.05) is 17.2 Å². The van der Waals surface area contributed by atoms with Gasteiger partial charge in [0.25, 0.3) is 0 Å². The van der Waals surface area contributed by atoms with Crippen molar-refractivity contribution in [1.29, 1.82) is 0 Å². The van der Waals surface area contributed by atoms with Gasteiger partial charge in [-0.05, 0) is 55.7 Å². The Hall–Kier alpha value is -2.17. The molecule has 3 heterocycles. The van der Waals surface area contributed by atoms with Gasteiger partial charge in [0, 0.05) is 38.4 Å². The fourth-order valence-corrected chi connectivity index (χ4v) is 4.00. The lowest BCUT2D eigenvalue weighted by Gasteiger charge is -2.38. The molecule has 2 fully saturated rings. The van der Waals surface area contributed by atoms with Gasteiger partial charge < -0.3 is 9.80 Å². The van der Waals surface area contributed by atoms with E-state index in [2.05, 4.69) is 22.5 Å². The molecule has 2 aliphatic rings. The highest BCUT2D eigenvalue weighted by atomic mass is 16.2. The highest BCUT2D eigenvalue weighted by Crippen LogP contribution is 2.32. The monoisotopic (exact) mass is 341 g/mol. The standard InChI is InChI=1S/C20H27N3O2/c1-2-19(24)22-12-8-16(9-13-22)14-20(25)23-11-4-3-7-18(23)17-6-5-10-21-15-17/h2,5-6,10,15-16,18H,1,3-4,7-9,11-14H2. The van der Waals surface area contributed by atoms with Crippen LogP contribution in [0.4, 0.5) is 0 Å². The fraction of sp³-hybridized carbons (Fsp3) is 0.550. The summed E-state index contributed by atoms with van der Waals surface area (Å²) in [6.45, 7) is 5.85. The van der Waals surface area contributed by atoms with E-state index in [1.165, 1.54) is 6.08 Å². The maximum Gasteiger partial charge on any atom is 0.245 e. The van der Waals surface area contributed by atoms with E-state index in [9.17, 15) is 9.59 Å². The normalized spacial score (nSPS) is 21.8. The highest BCUT2D eigenvalue weighted by Gasteiger charge is 2.30. The van der Waals surface area contributed by atoms with Crippen LogP contribution >= 0.6 is 0 Å². The second-order valence-electron chi connectivity index (χ2n) is 7.06. The molecule has 134 valence electrons. The van der Waals surface area contributed by atoms with Crippen molar-refractivity contribution in [2.24, 2.45) is 5.92 Å². The summed E-state index contributed by atoms with van der Waals surface area (Å²) in [5.41, 5.74) is 1.14. The molecule has 1 atom stereocenters. The molecule has 1 aromatic rings. The number of rotatable bonds is 4. The summed E-state index contributed by atoms with van der Waals surface area (Å²) < 4.78 is 0. The SMILES string of the molecule is C=CC(=O)N1CCC(CC(=O)N2CCCCC2c2cccnc2)CC1. The average Bonchev–Trinajstić information content (AvgIpc) is 2.68. The fourth-order valence-electron chi connectivity index (χ4n) is 4.00. The second kappa shape index (κ2) is 8.28. The van der Waals surface area contributed by atoms with Crippen LogP contribution in [0.1, 0.15) is 50.1 Å². The first kappa shape index (κ1) is 17.6. The lowest BCUT2D eigenvalue weighted by Crippen LogP contribution is -2.42. The smallest absolute Gasteiger partial charge is 0.245 e. The van der Waals surface area contributed by atoms with E-state index in [4.69, 9.17) is 0 Å². The summed E-state index contributed by atoms with van der Waals surface area (Å²) >= 11 is 0. The number of hydrogen-bond donors (Lipinski definition) is 0. The van der Waals surface area contributed by atoms with Crippen molar-refractivity contribution in [3.05, 3.63) is 42.7 Å². The number of piperidine rings is 2. The number of hydrogen-bond acceptors (Lipinski definition) is 3. The largest absolute Gasteiger partial charge is 0.339 e. The molecular weight excluding hydrogens is 314 g/mol. The Balaban J connectivity index is 1.58. The lowest BCUT2D eigenvalue weighted by atomic mass is 9.91. The van der Waals surface area contributed by atoms with Crippen molar-refractivity contribution in [2.75, 3.05) is 19.6 Å². The van der Waals surface area contributed by atoms with Crippen molar-refractivity contribution in [3.8, 4) is 0 Å². The summed E-state index contributed by atoms with van der Waals surface area (Å²) in [7, 11) is 0. The number of amides is 2. The van der Waals surface area contributed by atoms with E-state index in [1.54, 1.807) is 6.20 Å². The van der Waals surface area contributed by atoms with Crippen LogP contribution in [0.3, 0.4) is 0 Å². The molecule has 0 N–H and O–H groups in total. The Bertz CT molecular complexity index is 609. The van der Waals surface area contributed by atoms with E-state index >= 15 is 0 Å². The van der Waals surface area contributed by atoms with Crippen LogP contribution in [0.5, 0.6) is 0 Å². The Morgan fingerprint density at radius 1 is 1.20 bits per heavy atom. The number of carbonyl (C=O) groups is 2. The van der Waals surface area contributed by atoms with Gasteiger partial charge in [-0.25, -0.2) is 0 Å². The Morgan fingerprint density at radius 3 is 2.68 bits per heavy atom. The quantitative estimate of drug-likeness (QED) is 0.791. The molecule has 0 aromatic carbocycles. The van der Waals surface area contributed by atoms with Gasteiger partial charge in [0.15, 0.2) is 0 Å². The zero-order valence-corrected chi connectivity index (χ0v) is 14.8. The van der Waals surface area contributed by atoms with Crippen LogP contribution in [0.2, 0.25) is 0 Å². The molecule has 5 nitrogen and oxygen atoms in total. The molecule has 0 saturated carbocycles. The Morgan fingerprint density at radius 2 is 2.00 bits per heavy atom. The first-order valence-electron chi connectivity index (χ1n) is 9.29. The van der Waals surface area contributed by atoms with Gasteiger partial charge >= 0.3 is 0 Å². The second-order valence-corrected chi connectivity index (χ2v) is 7.06. The van der Waals surface area contributed by atoms with Crippen molar-refractivity contribution in [3.63, 3.8) is 0 Å². The van der Waals surface area contributed by atoms with Crippen LogP contribution in [0, 0.1) is 5.92 Å². The third-order valence-electron chi connectivity index (χ3n) is 5.46. The van der Waals surface area contributed by atoms with Crippen LogP contribution in [0.25, 0.3) is 0 Å². The zero-order valence-electron chi connectivity index (χ0n) is 14.8. The third kappa shape index (κ3) is 4.27. The van der Waals surface area contributed by atoms with Gasteiger partial charge in [0.2, 0.25) is 11.8 Å². The molecule has 0 radical (unpaired) electrons. The van der Waals surface area contributed by atoms with Crippen LogP contribution in [-0.2, 0) is 9.59 Å². The maximum absolute atomic E-state index is 12.9. The van der Waals surface area contributed by atoms with E-state index in [-0.39, 0.29) is 17.9 Å². The Kier molecular flexibility index (Phi) is 5.84. The first-order valence-corrected chi connectivity index (χ1v) is 9.29. The van der Waals surface area contributed by atoms with Crippen molar-refractivity contribution >= 4 is 11.8 Å². The van der Waals surface area contributed by atoms with Gasteiger partial charge in [0.1, 0.15) is 0 Å². The number of likely N-dealkylation sites (tertiary alicyclic amines) is 2. The molecular formula is C20H27N3O2. The molecule has 0 aliphatic carbocycles. The average molecular weight is 341 g/mol. The lowest BCUT2D eigenvalue weighted by molar-refractivity contribution is -0.136. The topological polar surface area (TPSA) is 53.5 Å². The van der Waals surface area contributed by atoms with Crippen molar-refractivity contribution in [2.45, 2.75) is 44.6 Å². The summed E-state index contributed by atoms with van der Waals surface area (Å²) in [6.07, 6.45) is 10.7. The van der Waals surface area contributed by atoms with Gasteiger partial charge in [-0.1, -0.05) is 12.6 Å². The Labute approximate surface area is 149 Å². The predicted octanol–water partition coefficient (Wildman–Crippen LogP) is 2.95. The highest BCUT2D eigenvalue weighted by molar-refractivity contribution is 5.87. The third-order valence-corrected chi connectivity index (χ3v) is 5.46. The maximum atomic E-state index is 12.9. The molecule has 2 saturated heterocycles. The molecule has 3 rings (SSSR count). The molecule has 0 bridgehead atoms. The zero-order chi connectivity index (χ0) is 17.6. The van der Waals surface area contributed by atoms with E-state index in [0.717, 1.165) is 57.3 Å². The van der Waals surface area contributed by atoms with Crippen LogP contribution in [-0.4, -0.2) is 46.2 Å². The van der Waals surface area contributed by atoms with Gasteiger partial charge in [-0.3, -0.25) is 14.6 Å². The van der Waals surface area contributed by atoms with Crippen molar-refractivity contribution < 1.29 is 9.59 Å². The minimum Gasteiger partial charge on any atom is -0.339 e. The van der Waals surface area contributed by atoms with Gasteiger partial charge in [0.05, 0.1) is 6.04 Å². The summed E-state index contributed by atoms with van der Waals surface area (Å²) in [4.78, 5) is 32.7. The van der Waals surface area contributed by atoms with Gasteiger partial charge in [-0.15, -0.1) is 0 Å². The van der Waals surface area contributed by atoms with Crippen LogP contribution < -0.4 is 0 Å². The molecule has 1 unspecified atom stereocenters. The van der Waals surface area contributed by atoms with E-state index in [0.29, 0.717) is 12.3 Å². The number of pyridine rings is 1. The molecule has 2 amide bonds. The predicted molar refractivity (Wildman–Crippen MR) is 96.7 cm³/mol. The summed E-state index contributed by atoms with van der Waals surface area (Å²) in [5.74, 6) is 0.623. The number of aromatic nitrogens is 1. The minimum absolute atomic E-state index is 0.00236. The molecule has 25 heavy (non-hydrogen) atoms. The summed E-state index contributed by atoms with van der Waals surface area (Å²) in [6, 6.07) is 4.18. The van der Waals surface area contributed by atoms with Crippen LogP contribution in [0.15, 0.2) is 37.2 Å². The minimum atomic E-state index is -0.00236. The molecule has 1 aromatic heterocycles. The summed E-state index contributed by atoms with van der Waals surface area (Å²) in [5, 5.41) is 0. The van der Waals surface area contributed by atoms with Crippen molar-refractivity contribution in [1.82, 2.24) is 14.8 Å². The number of carbonyl (C=O) groups excluding carboxylic acids is 2. The number of nitrogens with zero attached hydrogens (tertiary/aromatic N) is 3. The molecule has 5 heteroatoms. The van der Waals surface area contributed by atoms with Gasteiger partial charge in [-0.2, -0.15) is 0 Å². The first-order chi connectivity index (χ1) is 12.2. The molecule has 2 aliphatic heterocycles.